The molecule has 56 valence electrons. The third-order valence-corrected chi connectivity index (χ3v) is 1.34. The van der Waals surface area contributed by atoms with Gasteiger partial charge in [0.2, 0.25) is 0 Å². The van der Waals surface area contributed by atoms with Gasteiger partial charge in [0.15, 0.2) is 0 Å². The second kappa shape index (κ2) is 3.69. The average Bonchev–Trinajstić information content (AvgIpc) is 2.06. The number of nitrogens with zero attached hydrogens (tertiary/aromatic N) is 2. The number of rotatable bonds is 2. The summed E-state index contributed by atoms with van der Waals surface area (Å²) in [6.45, 7) is 0. The molecule has 1 aromatic heterocycles. The van der Waals surface area contributed by atoms with Gasteiger partial charge < -0.3 is 5.73 Å². The van der Waals surface area contributed by atoms with E-state index >= 15 is 0 Å². The standard InChI is InChI=1S/C8H9N3/c9-5-8(10)4-7-2-1-3-11-6-7/h1-3,6,8H,4,10H2. The Kier molecular flexibility index (Phi) is 2.59. The van der Waals surface area contributed by atoms with Crippen LogP contribution in [0.4, 0.5) is 0 Å². The second-order valence-corrected chi connectivity index (χ2v) is 2.30. The number of hydrogen-bond acceptors (Lipinski definition) is 3. The molecule has 0 aliphatic rings. The second-order valence-electron chi connectivity index (χ2n) is 2.30. The first-order valence-corrected chi connectivity index (χ1v) is 3.37. The van der Waals surface area contributed by atoms with Crippen LogP contribution in [0.3, 0.4) is 0 Å². The lowest BCUT2D eigenvalue weighted by atomic mass is 10.1. The summed E-state index contributed by atoms with van der Waals surface area (Å²) in [6.07, 6.45) is 3.99. The van der Waals surface area contributed by atoms with Crippen molar-refractivity contribution in [2.24, 2.45) is 5.73 Å². The van der Waals surface area contributed by atoms with Crippen molar-refractivity contribution in [2.45, 2.75) is 12.5 Å². The summed E-state index contributed by atoms with van der Waals surface area (Å²) in [5.74, 6) is 0. The molecule has 0 saturated carbocycles. The Balaban J connectivity index is 2.60. The van der Waals surface area contributed by atoms with E-state index in [-0.39, 0.29) is 0 Å². The van der Waals surface area contributed by atoms with Crippen molar-refractivity contribution in [3.8, 4) is 6.07 Å². The molecule has 1 rings (SSSR count). The smallest absolute Gasteiger partial charge is 0.0969 e. The molecule has 2 N–H and O–H groups in total. The Morgan fingerprint density at radius 1 is 1.73 bits per heavy atom. The van der Waals surface area contributed by atoms with Gasteiger partial charge in [-0.3, -0.25) is 4.98 Å². The van der Waals surface area contributed by atoms with E-state index in [1.165, 1.54) is 0 Å². The summed E-state index contributed by atoms with van der Waals surface area (Å²) in [5, 5.41) is 8.40. The van der Waals surface area contributed by atoms with Gasteiger partial charge in [0.05, 0.1) is 12.1 Å². The van der Waals surface area contributed by atoms with Crippen LogP contribution in [0, 0.1) is 11.3 Å². The number of nitriles is 1. The zero-order chi connectivity index (χ0) is 8.10. The van der Waals surface area contributed by atoms with E-state index in [9.17, 15) is 0 Å². The van der Waals surface area contributed by atoms with Crippen LogP contribution in [0.2, 0.25) is 0 Å². The first-order chi connectivity index (χ1) is 5.33. The molecule has 1 heterocycles. The fourth-order valence-electron chi connectivity index (χ4n) is 0.818. The van der Waals surface area contributed by atoms with Crippen LogP contribution >= 0.6 is 0 Å². The van der Waals surface area contributed by atoms with Crippen LogP contribution in [0.5, 0.6) is 0 Å². The lowest BCUT2D eigenvalue weighted by Gasteiger charge is -2.00. The molecule has 3 heteroatoms. The quantitative estimate of drug-likeness (QED) is 0.661. The van der Waals surface area contributed by atoms with Crippen LogP contribution in [0.15, 0.2) is 24.5 Å². The van der Waals surface area contributed by atoms with E-state index in [0.29, 0.717) is 6.42 Å². The first kappa shape index (κ1) is 7.70. The fraction of sp³-hybridized carbons (Fsp3) is 0.250. The summed E-state index contributed by atoms with van der Waals surface area (Å²) in [7, 11) is 0. The number of hydrogen-bond donors (Lipinski definition) is 1. The largest absolute Gasteiger partial charge is 0.316 e. The van der Waals surface area contributed by atoms with Gasteiger partial charge >= 0.3 is 0 Å². The minimum absolute atomic E-state index is 0.417. The highest BCUT2D eigenvalue weighted by molar-refractivity contribution is 5.12. The zero-order valence-corrected chi connectivity index (χ0v) is 6.07. The van der Waals surface area contributed by atoms with Crippen molar-refractivity contribution in [1.82, 2.24) is 4.98 Å². The van der Waals surface area contributed by atoms with Gasteiger partial charge in [-0.15, -0.1) is 0 Å². The Labute approximate surface area is 65.5 Å². The monoisotopic (exact) mass is 147 g/mol. The maximum absolute atomic E-state index is 8.40. The molecule has 0 spiro atoms. The summed E-state index contributed by atoms with van der Waals surface area (Å²) >= 11 is 0. The highest BCUT2D eigenvalue weighted by atomic mass is 14.6. The van der Waals surface area contributed by atoms with Gasteiger partial charge in [0.25, 0.3) is 0 Å². The molecule has 0 saturated heterocycles. The minimum Gasteiger partial charge on any atom is -0.316 e. The molecule has 0 aliphatic carbocycles. The molecule has 0 aliphatic heterocycles. The first-order valence-electron chi connectivity index (χ1n) is 3.37. The fourth-order valence-corrected chi connectivity index (χ4v) is 0.818. The van der Waals surface area contributed by atoms with Crippen LogP contribution in [0.25, 0.3) is 0 Å². The summed E-state index contributed by atoms with van der Waals surface area (Å²) in [4.78, 5) is 3.91. The topological polar surface area (TPSA) is 62.7 Å². The predicted molar refractivity (Wildman–Crippen MR) is 41.5 cm³/mol. The Morgan fingerprint density at radius 3 is 3.09 bits per heavy atom. The lowest BCUT2D eigenvalue weighted by molar-refractivity contribution is 0.819. The Morgan fingerprint density at radius 2 is 2.55 bits per heavy atom. The summed E-state index contributed by atoms with van der Waals surface area (Å²) < 4.78 is 0. The van der Waals surface area contributed by atoms with Crippen LogP contribution in [0.1, 0.15) is 5.56 Å². The van der Waals surface area contributed by atoms with E-state index in [1.807, 2.05) is 18.2 Å². The van der Waals surface area contributed by atoms with Gasteiger partial charge in [-0.2, -0.15) is 5.26 Å². The molecule has 0 bridgehead atoms. The number of nitrogens with two attached hydrogens (primary N) is 1. The molecule has 3 nitrogen and oxygen atoms in total. The zero-order valence-electron chi connectivity index (χ0n) is 6.07. The van der Waals surface area contributed by atoms with E-state index in [0.717, 1.165) is 5.56 Å². The van der Waals surface area contributed by atoms with E-state index < -0.39 is 6.04 Å². The van der Waals surface area contributed by atoms with Crippen LogP contribution in [-0.4, -0.2) is 11.0 Å². The van der Waals surface area contributed by atoms with Gasteiger partial charge in [-0.25, -0.2) is 0 Å². The minimum atomic E-state index is -0.417. The molecule has 0 aromatic carbocycles. The maximum atomic E-state index is 8.40. The molecular weight excluding hydrogens is 138 g/mol. The van der Waals surface area contributed by atoms with Crippen molar-refractivity contribution >= 4 is 0 Å². The number of pyridine rings is 1. The highest BCUT2D eigenvalue weighted by Crippen LogP contribution is 1.98. The highest BCUT2D eigenvalue weighted by Gasteiger charge is 2.00. The Hall–Kier alpha value is -1.40. The number of aromatic nitrogens is 1. The third kappa shape index (κ3) is 2.36. The van der Waals surface area contributed by atoms with E-state index in [4.69, 9.17) is 11.0 Å². The van der Waals surface area contributed by atoms with Crippen molar-refractivity contribution in [2.75, 3.05) is 0 Å². The SMILES string of the molecule is N#CC(N)Cc1cccnc1. The molecule has 1 atom stereocenters. The molecule has 0 fully saturated rings. The van der Waals surface area contributed by atoms with Gasteiger partial charge in [-0.05, 0) is 11.6 Å². The molecule has 0 amide bonds. The predicted octanol–water partition coefficient (Wildman–Crippen LogP) is 0.475. The summed E-state index contributed by atoms with van der Waals surface area (Å²) in [5.41, 5.74) is 6.42. The van der Waals surface area contributed by atoms with Gasteiger partial charge in [0.1, 0.15) is 0 Å². The normalized spacial score (nSPS) is 12.0. The third-order valence-electron chi connectivity index (χ3n) is 1.34. The molecule has 1 unspecified atom stereocenters. The van der Waals surface area contributed by atoms with Crippen LogP contribution in [-0.2, 0) is 6.42 Å². The van der Waals surface area contributed by atoms with Gasteiger partial charge in [0, 0.05) is 18.8 Å². The maximum Gasteiger partial charge on any atom is 0.0969 e. The van der Waals surface area contributed by atoms with E-state index in [2.05, 4.69) is 4.98 Å². The van der Waals surface area contributed by atoms with E-state index in [1.54, 1.807) is 12.4 Å². The summed E-state index contributed by atoms with van der Waals surface area (Å²) in [6, 6.07) is 5.29. The van der Waals surface area contributed by atoms with Gasteiger partial charge in [-0.1, -0.05) is 6.07 Å². The lowest BCUT2D eigenvalue weighted by Crippen LogP contribution is -2.19. The molecular formula is C8H9N3. The van der Waals surface area contributed by atoms with Crippen molar-refractivity contribution in [1.29, 1.82) is 5.26 Å². The average molecular weight is 147 g/mol. The van der Waals surface area contributed by atoms with Crippen molar-refractivity contribution in [3.63, 3.8) is 0 Å². The van der Waals surface area contributed by atoms with Crippen LogP contribution < -0.4 is 5.73 Å². The van der Waals surface area contributed by atoms with Crippen molar-refractivity contribution < 1.29 is 0 Å². The molecule has 1 aromatic rings. The van der Waals surface area contributed by atoms with Crippen molar-refractivity contribution in [3.05, 3.63) is 30.1 Å². The molecule has 11 heavy (non-hydrogen) atoms. The molecule has 0 radical (unpaired) electrons. The Bertz CT molecular complexity index is 250.